The Hall–Kier alpha value is -2.72. The Morgan fingerprint density at radius 3 is 2.96 bits per heavy atom. The summed E-state index contributed by atoms with van der Waals surface area (Å²) in [5.41, 5.74) is 0.552. The van der Waals surface area contributed by atoms with E-state index < -0.39 is 6.10 Å². The largest absolute Gasteiger partial charge is 0.486 e. The van der Waals surface area contributed by atoms with Gasteiger partial charge in [-0.3, -0.25) is 4.79 Å². The first-order valence-corrected chi connectivity index (χ1v) is 8.82. The van der Waals surface area contributed by atoms with Crippen molar-refractivity contribution in [2.45, 2.75) is 12.6 Å². The van der Waals surface area contributed by atoms with Gasteiger partial charge in [0.2, 0.25) is 5.82 Å². The van der Waals surface area contributed by atoms with Crippen molar-refractivity contribution in [3.05, 3.63) is 29.6 Å². The maximum absolute atomic E-state index is 12.9. The summed E-state index contributed by atoms with van der Waals surface area (Å²) in [4.78, 5) is 16.1. The molecule has 0 radical (unpaired) electrons. The highest BCUT2D eigenvalue weighted by molar-refractivity contribution is 5.95. The molecule has 2 aliphatic rings. The highest BCUT2D eigenvalue weighted by atomic mass is 16.6. The minimum atomic E-state index is -0.406. The first-order chi connectivity index (χ1) is 13.2. The molecule has 1 aromatic carbocycles. The highest BCUT2D eigenvalue weighted by Crippen LogP contribution is 2.31. The van der Waals surface area contributed by atoms with Crippen molar-refractivity contribution in [1.82, 2.24) is 25.1 Å². The lowest BCUT2D eigenvalue weighted by Crippen LogP contribution is -2.42. The summed E-state index contributed by atoms with van der Waals surface area (Å²) < 4.78 is 21.8. The predicted molar refractivity (Wildman–Crippen MR) is 91.7 cm³/mol. The minimum Gasteiger partial charge on any atom is -0.486 e. The van der Waals surface area contributed by atoms with Crippen LogP contribution in [0.3, 0.4) is 0 Å². The molecule has 0 aliphatic carbocycles. The zero-order valence-corrected chi connectivity index (χ0v) is 15.0. The van der Waals surface area contributed by atoms with Crippen molar-refractivity contribution in [2.75, 3.05) is 46.6 Å². The molecule has 1 atom stereocenters. The molecule has 10 heteroatoms. The van der Waals surface area contributed by atoms with Crippen molar-refractivity contribution >= 4 is 5.91 Å². The second-order valence-electron chi connectivity index (χ2n) is 6.21. The number of hydrogen-bond acceptors (Lipinski definition) is 8. The number of methoxy groups -OCH3 is 1. The topological polar surface area (TPSA) is 101 Å². The van der Waals surface area contributed by atoms with Gasteiger partial charge in [0, 0.05) is 19.2 Å². The van der Waals surface area contributed by atoms with Crippen molar-refractivity contribution in [3.8, 4) is 11.5 Å². The van der Waals surface area contributed by atoms with Crippen LogP contribution in [0.15, 0.2) is 18.2 Å². The number of morpholine rings is 1. The van der Waals surface area contributed by atoms with Crippen molar-refractivity contribution in [3.63, 3.8) is 0 Å². The number of ether oxygens (including phenoxy) is 4. The van der Waals surface area contributed by atoms with Crippen LogP contribution in [0.5, 0.6) is 11.5 Å². The summed E-state index contributed by atoms with van der Waals surface area (Å²) in [6.07, 6.45) is -0.406. The normalized spacial score (nSPS) is 19.1. The number of benzene rings is 1. The van der Waals surface area contributed by atoms with E-state index in [0.717, 1.165) is 0 Å². The summed E-state index contributed by atoms with van der Waals surface area (Å²) >= 11 is 0. The molecule has 1 fully saturated rings. The molecule has 0 saturated carbocycles. The Bertz CT molecular complexity index is 811. The Morgan fingerprint density at radius 2 is 2.11 bits per heavy atom. The average molecular weight is 375 g/mol. The van der Waals surface area contributed by atoms with E-state index in [1.165, 1.54) is 4.80 Å². The summed E-state index contributed by atoms with van der Waals surface area (Å²) in [7, 11) is 1.61. The molecule has 1 amide bonds. The number of aromatic nitrogens is 4. The van der Waals surface area contributed by atoms with Crippen LogP contribution in [0.1, 0.15) is 22.3 Å². The number of amides is 1. The quantitative estimate of drug-likeness (QED) is 0.736. The Labute approximate surface area is 155 Å². The Balaban J connectivity index is 1.44. The standard InChI is InChI=1S/C17H21N5O5/c1-24-6-5-22-19-16(18-20-22)15-11-21(4-7-25-15)17(23)12-2-3-13-14(10-12)27-9-8-26-13/h2-3,10,15H,4-9,11H2,1H3. The first kappa shape index (κ1) is 17.7. The van der Waals surface area contributed by atoms with Crippen LogP contribution in [0, 0.1) is 0 Å². The molecule has 0 spiro atoms. The Morgan fingerprint density at radius 1 is 1.26 bits per heavy atom. The van der Waals surface area contributed by atoms with Gasteiger partial charge in [-0.25, -0.2) is 0 Å². The first-order valence-electron chi connectivity index (χ1n) is 8.82. The van der Waals surface area contributed by atoms with Gasteiger partial charge in [0.15, 0.2) is 11.5 Å². The predicted octanol–water partition coefficient (Wildman–Crippen LogP) is 0.304. The third kappa shape index (κ3) is 3.86. The number of carbonyl (C=O) groups is 1. The van der Waals surface area contributed by atoms with E-state index in [4.69, 9.17) is 18.9 Å². The maximum Gasteiger partial charge on any atom is 0.254 e. The van der Waals surface area contributed by atoms with Gasteiger partial charge in [-0.15, -0.1) is 10.2 Å². The minimum absolute atomic E-state index is 0.0907. The smallest absolute Gasteiger partial charge is 0.254 e. The van der Waals surface area contributed by atoms with Crippen LogP contribution in [0.2, 0.25) is 0 Å². The molecule has 1 unspecified atom stereocenters. The second-order valence-corrected chi connectivity index (χ2v) is 6.21. The zero-order chi connectivity index (χ0) is 18.6. The van der Waals surface area contributed by atoms with Crippen LogP contribution in [-0.4, -0.2) is 77.6 Å². The lowest BCUT2D eigenvalue weighted by atomic mass is 10.1. The van der Waals surface area contributed by atoms with E-state index in [1.54, 1.807) is 30.2 Å². The van der Waals surface area contributed by atoms with Crippen LogP contribution in [0.4, 0.5) is 0 Å². The van der Waals surface area contributed by atoms with Gasteiger partial charge in [-0.05, 0) is 23.4 Å². The third-order valence-electron chi connectivity index (χ3n) is 4.39. The second kappa shape index (κ2) is 7.89. The van der Waals surface area contributed by atoms with E-state index in [-0.39, 0.29) is 5.91 Å². The van der Waals surface area contributed by atoms with Crippen LogP contribution < -0.4 is 9.47 Å². The van der Waals surface area contributed by atoms with E-state index in [0.29, 0.717) is 68.9 Å². The van der Waals surface area contributed by atoms with Crippen LogP contribution >= 0.6 is 0 Å². The number of hydrogen-bond donors (Lipinski definition) is 0. The summed E-state index contributed by atoms with van der Waals surface area (Å²) in [5, 5.41) is 12.3. The molecule has 0 N–H and O–H groups in total. The van der Waals surface area contributed by atoms with Gasteiger partial charge < -0.3 is 23.8 Å². The molecule has 3 heterocycles. The Kier molecular flexibility index (Phi) is 5.16. The molecule has 10 nitrogen and oxygen atoms in total. The zero-order valence-electron chi connectivity index (χ0n) is 15.0. The van der Waals surface area contributed by atoms with Crippen molar-refractivity contribution in [2.24, 2.45) is 0 Å². The molecule has 0 bridgehead atoms. The van der Waals surface area contributed by atoms with Gasteiger partial charge in [0.25, 0.3) is 5.91 Å². The number of rotatable bonds is 5. The maximum atomic E-state index is 12.9. The molecule has 2 aliphatic heterocycles. The van der Waals surface area contributed by atoms with E-state index >= 15 is 0 Å². The van der Waals surface area contributed by atoms with Gasteiger partial charge >= 0.3 is 0 Å². The molecule has 1 aromatic heterocycles. The van der Waals surface area contributed by atoms with Gasteiger partial charge in [-0.2, -0.15) is 4.80 Å². The third-order valence-corrected chi connectivity index (χ3v) is 4.39. The summed E-state index contributed by atoms with van der Waals surface area (Å²) in [6.45, 7) is 3.28. The fourth-order valence-corrected chi connectivity index (χ4v) is 3.00. The summed E-state index contributed by atoms with van der Waals surface area (Å²) in [5.74, 6) is 1.63. The lowest BCUT2D eigenvalue weighted by molar-refractivity contribution is -0.0269. The SMILES string of the molecule is COCCn1nnc(C2CN(C(=O)c3ccc4c(c3)OCCO4)CCO2)n1. The number of carbonyl (C=O) groups excluding carboxylic acids is 1. The van der Waals surface area contributed by atoms with Gasteiger partial charge in [0.05, 0.1) is 26.3 Å². The highest BCUT2D eigenvalue weighted by Gasteiger charge is 2.29. The van der Waals surface area contributed by atoms with Gasteiger partial charge in [0.1, 0.15) is 19.3 Å². The lowest BCUT2D eigenvalue weighted by Gasteiger charge is -2.31. The fourth-order valence-electron chi connectivity index (χ4n) is 3.00. The molecular formula is C17H21N5O5. The van der Waals surface area contributed by atoms with Crippen molar-refractivity contribution in [1.29, 1.82) is 0 Å². The molecule has 144 valence electrons. The monoisotopic (exact) mass is 375 g/mol. The average Bonchev–Trinajstić information content (AvgIpc) is 3.20. The van der Waals surface area contributed by atoms with Gasteiger partial charge in [-0.1, -0.05) is 0 Å². The molecule has 2 aromatic rings. The van der Waals surface area contributed by atoms with Crippen LogP contribution in [0.25, 0.3) is 0 Å². The molecule has 27 heavy (non-hydrogen) atoms. The number of tetrazole rings is 1. The van der Waals surface area contributed by atoms with Crippen LogP contribution in [-0.2, 0) is 16.0 Å². The number of nitrogens with zero attached hydrogens (tertiary/aromatic N) is 5. The molecule has 4 rings (SSSR count). The van der Waals surface area contributed by atoms with E-state index in [1.807, 2.05) is 0 Å². The van der Waals surface area contributed by atoms with E-state index in [9.17, 15) is 4.79 Å². The molecule has 1 saturated heterocycles. The summed E-state index contributed by atoms with van der Waals surface area (Å²) in [6, 6.07) is 5.24. The van der Waals surface area contributed by atoms with Crippen molar-refractivity contribution < 1.29 is 23.7 Å². The van der Waals surface area contributed by atoms with E-state index in [2.05, 4.69) is 15.4 Å². The number of fused-ring (bicyclic) bond motifs is 1. The molecular weight excluding hydrogens is 354 g/mol. The fraction of sp³-hybridized carbons (Fsp3) is 0.529.